The van der Waals surface area contributed by atoms with Crippen molar-refractivity contribution in [3.8, 4) is 0 Å². The molecule has 0 spiro atoms. The lowest BCUT2D eigenvalue weighted by atomic mass is 10.1. The Morgan fingerprint density at radius 2 is 2.09 bits per heavy atom. The Hall–Kier alpha value is -2.08. The van der Waals surface area contributed by atoms with Crippen LogP contribution in [-0.4, -0.2) is 61.1 Å². The van der Waals surface area contributed by atoms with Gasteiger partial charge in [0.2, 0.25) is 5.91 Å². The Labute approximate surface area is 136 Å². The fraction of sp³-hybridized carbons (Fsp3) is 0.529. The summed E-state index contributed by atoms with van der Waals surface area (Å²) in [4.78, 5) is 27.1. The molecule has 6 heteroatoms. The number of nitrogens with one attached hydrogen (secondary N) is 1. The molecular weight excluding hydrogens is 294 g/mol. The summed E-state index contributed by atoms with van der Waals surface area (Å²) in [6, 6.07) is 10.4. The van der Waals surface area contributed by atoms with E-state index >= 15 is 0 Å². The van der Waals surface area contributed by atoms with Gasteiger partial charge in [0, 0.05) is 19.6 Å². The van der Waals surface area contributed by atoms with Crippen molar-refractivity contribution in [2.45, 2.75) is 13.0 Å². The molecule has 0 aliphatic carbocycles. The van der Waals surface area contributed by atoms with E-state index in [4.69, 9.17) is 4.74 Å². The Bertz CT molecular complexity index is 549. The zero-order valence-electron chi connectivity index (χ0n) is 13.2. The lowest BCUT2D eigenvalue weighted by Gasteiger charge is -2.17. The van der Waals surface area contributed by atoms with Crippen LogP contribution >= 0.6 is 0 Å². The molecular formula is C17H23N3O3. The summed E-state index contributed by atoms with van der Waals surface area (Å²) in [6.07, 6.45) is 0.703. The Kier molecular flexibility index (Phi) is 5.12. The molecule has 1 atom stereocenters. The van der Waals surface area contributed by atoms with Crippen LogP contribution in [0, 0.1) is 5.92 Å². The van der Waals surface area contributed by atoms with Crippen LogP contribution in [-0.2, 0) is 16.1 Å². The van der Waals surface area contributed by atoms with Gasteiger partial charge < -0.3 is 10.1 Å². The number of hydrogen-bond donors (Lipinski definition) is 1. The van der Waals surface area contributed by atoms with Crippen LogP contribution in [0.25, 0.3) is 0 Å². The Balaban J connectivity index is 1.36. The second kappa shape index (κ2) is 7.46. The SMILES string of the molecule is O=C(CN1CCOC1=O)NC[C@H]1CCN(Cc2ccccc2)C1. The molecule has 1 aromatic carbocycles. The second-order valence-electron chi connectivity index (χ2n) is 6.22. The van der Waals surface area contributed by atoms with E-state index in [1.54, 1.807) is 0 Å². The third-order valence-corrected chi connectivity index (χ3v) is 4.39. The van der Waals surface area contributed by atoms with Crippen molar-refractivity contribution in [1.29, 1.82) is 0 Å². The largest absolute Gasteiger partial charge is 0.448 e. The van der Waals surface area contributed by atoms with Gasteiger partial charge in [-0.2, -0.15) is 0 Å². The monoisotopic (exact) mass is 317 g/mol. The third-order valence-electron chi connectivity index (χ3n) is 4.39. The molecule has 6 nitrogen and oxygen atoms in total. The highest BCUT2D eigenvalue weighted by Crippen LogP contribution is 2.18. The van der Waals surface area contributed by atoms with E-state index < -0.39 is 6.09 Å². The minimum Gasteiger partial charge on any atom is -0.448 e. The standard InChI is InChI=1S/C17H23N3O3/c21-16(13-20-8-9-23-17(20)22)18-10-15-6-7-19(12-15)11-14-4-2-1-3-5-14/h1-5,15H,6-13H2,(H,18,21)/t15-/m1/s1. The molecule has 0 radical (unpaired) electrons. The average Bonchev–Trinajstić information content (AvgIpc) is 3.16. The van der Waals surface area contributed by atoms with E-state index in [1.165, 1.54) is 10.5 Å². The zero-order valence-corrected chi connectivity index (χ0v) is 13.2. The molecule has 3 rings (SSSR count). The Morgan fingerprint density at radius 3 is 2.83 bits per heavy atom. The number of cyclic esters (lactones) is 1. The van der Waals surface area contributed by atoms with Gasteiger partial charge in [0.1, 0.15) is 13.2 Å². The van der Waals surface area contributed by atoms with Gasteiger partial charge in [-0.3, -0.25) is 14.6 Å². The van der Waals surface area contributed by atoms with Crippen molar-refractivity contribution in [2.24, 2.45) is 5.92 Å². The molecule has 1 aromatic rings. The van der Waals surface area contributed by atoms with Crippen molar-refractivity contribution in [3.05, 3.63) is 35.9 Å². The van der Waals surface area contributed by atoms with Gasteiger partial charge in [0.05, 0.1) is 6.54 Å². The van der Waals surface area contributed by atoms with Gasteiger partial charge in [-0.15, -0.1) is 0 Å². The minimum absolute atomic E-state index is 0.0965. The predicted molar refractivity (Wildman–Crippen MR) is 85.8 cm³/mol. The van der Waals surface area contributed by atoms with E-state index in [1.807, 2.05) is 6.07 Å². The fourth-order valence-corrected chi connectivity index (χ4v) is 3.12. The molecule has 0 saturated carbocycles. The van der Waals surface area contributed by atoms with E-state index in [0.717, 1.165) is 26.1 Å². The summed E-state index contributed by atoms with van der Waals surface area (Å²) >= 11 is 0. The molecule has 2 saturated heterocycles. The zero-order chi connectivity index (χ0) is 16.1. The summed E-state index contributed by atoms with van der Waals surface area (Å²) in [5.41, 5.74) is 1.32. The van der Waals surface area contributed by atoms with Crippen LogP contribution in [0.15, 0.2) is 30.3 Å². The summed E-state index contributed by atoms with van der Waals surface area (Å²) in [7, 11) is 0. The maximum atomic E-state index is 11.9. The number of carbonyl (C=O) groups is 2. The quantitative estimate of drug-likeness (QED) is 0.853. The highest BCUT2D eigenvalue weighted by atomic mass is 16.6. The topological polar surface area (TPSA) is 61.9 Å². The lowest BCUT2D eigenvalue weighted by molar-refractivity contribution is -0.121. The first-order chi connectivity index (χ1) is 11.2. The Morgan fingerprint density at radius 1 is 1.26 bits per heavy atom. The van der Waals surface area contributed by atoms with Crippen molar-refractivity contribution >= 4 is 12.0 Å². The highest BCUT2D eigenvalue weighted by molar-refractivity contribution is 5.82. The summed E-state index contributed by atoms with van der Waals surface area (Å²) in [5, 5.41) is 2.94. The first-order valence-corrected chi connectivity index (χ1v) is 8.15. The van der Waals surface area contributed by atoms with Gasteiger partial charge in [-0.1, -0.05) is 30.3 Å². The first-order valence-electron chi connectivity index (χ1n) is 8.15. The molecule has 1 N–H and O–H groups in total. The number of nitrogens with zero attached hydrogens (tertiary/aromatic N) is 2. The number of amides is 2. The molecule has 0 unspecified atom stereocenters. The summed E-state index contributed by atoms with van der Waals surface area (Å²) in [6.45, 7) is 4.68. The second-order valence-corrected chi connectivity index (χ2v) is 6.22. The van der Waals surface area contributed by atoms with Crippen LogP contribution in [0.3, 0.4) is 0 Å². The molecule has 0 bridgehead atoms. The van der Waals surface area contributed by atoms with Crippen molar-refractivity contribution in [3.63, 3.8) is 0 Å². The highest BCUT2D eigenvalue weighted by Gasteiger charge is 2.26. The smallest absolute Gasteiger partial charge is 0.410 e. The third kappa shape index (κ3) is 4.45. The van der Waals surface area contributed by atoms with Gasteiger partial charge in [-0.05, 0) is 24.4 Å². The molecule has 2 aliphatic heterocycles. The average molecular weight is 317 g/mol. The number of benzene rings is 1. The molecule has 2 fully saturated rings. The van der Waals surface area contributed by atoms with Crippen LogP contribution in [0.2, 0.25) is 0 Å². The first kappa shape index (κ1) is 15.8. The normalized spacial score (nSPS) is 21.5. The minimum atomic E-state index is -0.393. The van der Waals surface area contributed by atoms with Gasteiger partial charge in [0.25, 0.3) is 0 Å². The van der Waals surface area contributed by atoms with Crippen molar-refractivity contribution < 1.29 is 14.3 Å². The van der Waals surface area contributed by atoms with Gasteiger partial charge in [-0.25, -0.2) is 4.79 Å². The van der Waals surface area contributed by atoms with Gasteiger partial charge >= 0.3 is 6.09 Å². The predicted octanol–water partition coefficient (Wildman–Crippen LogP) is 1.08. The molecule has 2 aliphatic rings. The number of hydrogen-bond acceptors (Lipinski definition) is 4. The number of rotatable bonds is 6. The van der Waals surface area contributed by atoms with E-state index in [0.29, 0.717) is 25.6 Å². The number of likely N-dealkylation sites (tertiary alicyclic amines) is 1. The summed E-state index contributed by atoms with van der Waals surface area (Å²) in [5.74, 6) is 0.374. The maximum Gasteiger partial charge on any atom is 0.410 e. The van der Waals surface area contributed by atoms with E-state index in [-0.39, 0.29) is 12.5 Å². The van der Waals surface area contributed by atoms with Crippen LogP contribution in [0.1, 0.15) is 12.0 Å². The van der Waals surface area contributed by atoms with Crippen LogP contribution in [0.5, 0.6) is 0 Å². The molecule has 124 valence electrons. The van der Waals surface area contributed by atoms with Crippen molar-refractivity contribution in [1.82, 2.24) is 15.1 Å². The van der Waals surface area contributed by atoms with E-state index in [9.17, 15) is 9.59 Å². The molecule has 23 heavy (non-hydrogen) atoms. The molecule has 2 heterocycles. The van der Waals surface area contributed by atoms with Crippen LogP contribution < -0.4 is 5.32 Å². The number of carbonyl (C=O) groups excluding carboxylic acids is 2. The van der Waals surface area contributed by atoms with Crippen molar-refractivity contribution in [2.75, 3.05) is 39.3 Å². The maximum absolute atomic E-state index is 11.9. The van der Waals surface area contributed by atoms with E-state index in [2.05, 4.69) is 34.5 Å². The molecule has 2 amide bonds. The fourth-order valence-electron chi connectivity index (χ4n) is 3.12. The lowest BCUT2D eigenvalue weighted by Crippen LogP contribution is -2.39. The molecule has 0 aromatic heterocycles. The van der Waals surface area contributed by atoms with Crippen LogP contribution in [0.4, 0.5) is 4.79 Å². The van der Waals surface area contributed by atoms with Gasteiger partial charge in [0.15, 0.2) is 0 Å². The summed E-state index contributed by atoms with van der Waals surface area (Å²) < 4.78 is 4.82. The number of ether oxygens (including phenoxy) is 1.